The summed E-state index contributed by atoms with van der Waals surface area (Å²) in [5.41, 5.74) is 1.07. The highest BCUT2D eigenvalue weighted by molar-refractivity contribution is 5.05. The van der Waals surface area contributed by atoms with Gasteiger partial charge in [-0.15, -0.1) is 0 Å². The molecule has 0 aliphatic rings. The van der Waals surface area contributed by atoms with Crippen molar-refractivity contribution < 1.29 is 9.84 Å². The number of hydrogen-bond acceptors (Lipinski definition) is 2. The minimum absolute atomic E-state index is 0.260. The highest BCUT2D eigenvalue weighted by Gasteiger charge is 1.96. The molecule has 1 aromatic rings. The Balaban J connectivity index is 2.28. The summed E-state index contributed by atoms with van der Waals surface area (Å²) in [6.45, 7) is 0.260. The fourth-order valence-electron chi connectivity index (χ4n) is 1.27. The van der Waals surface area contributed by atoms with Crippen LogP contribution in [0.3, 0.4) is 0 Å². The molecule has 0 fully saturated rings. The molecule has 0 radical (unpaired) electrons. The largest absolute Gasteiger partial charge is 0.619 e. The van der Waals surface area contributed by atoms with Gasteiger partial charge in [0.15, 0.2) is 12.4 Å². The molecular weight excluding hydrogens is 166 g/mol. The Morgan fingerprint density at radius 3 is 2.85 bits per heavy atom. The molecule has 13 heavy (non-hydrogen) atoms. The third kappa shape index (κ3) is 3.90. The lowest BCUT2D eigenvalue weighted by Crippen LogP contribution is -2.24. The molecule has 0 atom stereocenters. The number of unbranched alkanes of at least 4 members (excludes halogenated alkanes) is 2. The normalized spacial score (nSPS) is 10.2. The van der Waals surface area contributed by atoms with Crippen molar-refractivity contribution in [2.45, 2.75) is 25.7 Å². The Kier molecular flexibility index (Phi) is 4.26. The van der Waals surface area contributed by atoms with Gasteiger partial charge in [-0.3, -0.25) is 0 Å². The van der Waals surface area contributed by atoms with Gasteiger partial charge in [-0.1, -0.05) is 6.42 Å². The van der Waals surface area contributed by atoms with Gasteiger partial charge in [-0.25, -0.2) is 0 Å². The number of rotatable bonds is 5. The Bertz CT molecular complexity index is 250. The molecular formula is C10H15NO2. The van der Waals surface area contributed by atoms with Crippen LogP contribution < -0.4 is 4.73 Å². The van der Waals surface area contributed by atoms with Crippen LogP contribution in [0.2, 0.25) is 0 Å². The first-order chi connectivity index (χ1) is 6.33. The zero-order valence-corrected chi connectivity index (χ0v) is 7.65. The van der Waals surface area contributed by atoms with Gasteiger partial charge in [0.25, 0.3) is 0 Å². The quantitative estimate of drug-likeness (QED) is 0.419. The van der Waals surface area contributed by atoms with E-state index in [0.717, 1.165) is 36.0 Å². The molecule has 0 bridgehead atoms. The van der Waals surface area contributed by atoms with E-state index in [0.29, 0.717) is 0 Å². The molecule has 0 aliphatic heterocycles. The standard InChI is InChI=1S/C10H15NO2/c12-8-3-1-2-5-10-6-4-7-11(13)9-10/h4,6-7,9,12H,1-3,5,8H2. The predicted octanol–water partition coefficient (Wildman–Crippen LogP) is 1.03. The van der Waals surface area contributed by atoms with Crippen LogP contribution in [0.5, 0.6) is 0 Å². The van der Waals surface area contributed by atoms with Crippen LogP contribution in [0.15, 0.2) is 24.5 Å². The van der Waals surface area contributed by atoms with Crippen LogP contribution in [-0.4, -0.2) is 11.7 Å². The molecule has 0 saturated carbocycles. The molecule has 0 saturated heterocycles. The summed E-state index contributed by atoms with van der Waals surface area (Å²) in [7, 11) is 0. The van der Waals surface area contributed by atoms with Crippen molar-refractivity contribution in [3.63, 3.8) is 0 Å². The van der Waals surface area contributed by atoms with Gasteiger partial charge in [0.2, 0.25) is 0 Å². The van der Waals surface area contributed by atoms with Gasteiger partial charge in [0.1, 0.15) is 0 Å². The molecule has 0 aliphatic carbocycles. The van der Waals surface area contributed by atoms with E-state index in [-0.39, 0.29) is 6.61 Å². The van der Waals surface area contributed by atoms with Crippen LogP contribution in [0.4, 0.5) is 0 Å². The molecule has 0 aromatic carbocycles. The topological polar surface area (TPSA) is 47.2 Å². The number of nitrogens with zero attached hydrogens (tertiary/aromatic N) is 1. The molecule has 1 aromatic heterocycles. The lowest BCUT2D eigenvalue weighted by atomic mass is 10.1. The summed E-state index contributed by atoms with van der Waals surface area (Å²) >= 11 is 0. The fraction of sp³-hybridized carbons (Fsp3) is 0.500. The molecule has 72 valence electrons. The molecule has 3 heteroatoms. The zero-order valence-electron chi connectivity index (χ0n) is 7.65. The first-order valence-corrected chi connectivity index (χ1v) is 4.61. The molecule has 3 nitrogen and oxygen atoms in total. The highest BCUT2D eigenvalue weighted by Crippen LogP contribution is 2.03. The molecule has 1 N–H and O–H groups in total. The van der Waals surface area contributed by atoms with Gasteiger partial charge in [0.05, 0.1) is 0 Å². The summed E-state index contributed by atoms with van der Waals surface area (Å²) in [5, 5.41) is 19.4. The Morgan fingerprint density at radius 1 is 1.31 bits per heavy atom. The van der Waals surface area contributed by atoms with Crippen molar-refractivity contribution in [1.82, 2.24) is 0 Å². The second kappa shape index (κ2) is 5.54. The summed E-state index contributed by atoms with van der Waals surface area (Å²) in [6, 6.07) is 3.71. The van der Waals surface area contributed by atoms with Crippen LogP contribution in [0, 0.1) is 5.21 Å². The third-order valence-corrected chi connectivity index (χ3v) is 1.96. The van der Waals surface area contributed by atoms with Crippen molar-refractivity contribution in [2.24, 2.45) is 0 Å². The number of hydrogen-bond donors (Lipinski definition) is 1. The lowest BCUT2D eigenvalue weighted by molar-refractivity contribution is -0.605. The van der Waals surface area contributed by atoms with Gasteiger partial charge < -0.3 is 10.3 Å². The number of aryl methyl sites for hydroxylation is 1. The Labute approximate surface area is 78.2 Å². The summed E-state index contributed by atoms with van der Waals surface area (Å²) in [4.78, 5) is 0. The van der Waals surface area contributed by atoms with Gasteiger partial charge in [0, 0.05) is 18.2 Å². The van der Waals surface area contributed by atoms with Crippen molar-refractivity contribution in [2.75, 3.05) is 6.61 Å². The number of aliphatic hydroxyl groups excluding tert-OH is 1. The third-order valence-electron chi connectivity index (χ3n) is 1.96. The van der Waals surface area contributed by atoms with E-state index in [9.17, 15) is 5.21 Å². The van der Waals surface area contributed by atoms with E-state index in [1.54, 1.807) is 12.3 Å². The number of aromatic nitrogens is 1. The van der Waals surface area contributed by atoms with Crippen LogP contribution >= 0.6 is 0 Å². The average Bonchev–Trinajstić information content (AvgIpc) is 2.13. The van der Waals surface area contributed by atoms with Crippen molar-refractivity contribution >= 4 is 0 Å². The van der Waals surface area contributed by atoms with Crippen LogP contribution in [-0.2, 0) is 6.42 Å². The van der Waals surface area contributed by atoms with E-state index in [2.05, 4.69) is 0 Å². The maximum Gasteiger partial charge on any atom is 0.183 e. The van der Waals surface area contributed by atoms with E-state index in [1.807, 2.05) is 6.07 Å². The van der Waals surface area contributed by atoms with E-state index in [4.69, 9.17) is 5.11 Å². The van der Waals surface area contributed by atoms with Gasteiger partial charge in [-0.05, 0) is 25.3 Å². The Hall–Kier alpha value is -1.09. The molecule has 0 spiro atoms. The molecule has 0 unspecified atom stereocenters. The molecule has 1 heterocycles. The van der Waals surface area contributed by atoms with E-state index in [1.165, 1.54) is 6.20 Å². The minimum Gasteiger partial charge on any atom is -0.619 e. The summed E-state index contributed by atoms with van der Waals surface area (Å²) < 4.78 is 0.821. The second-order valence-corrected chi connectivity index (χ2v) is 3.11. The van der Waals surface area contributed by atoms with Crippen molar-refractivity contribution in [3.8, 4) is 0 Å². The maximum absolute atomic E-state index is 10.9. The number of pyridine rings is 1. The minimum atomic E-state index is 0.260. The summed E-state index contributed by atoms with van der Waals surface area (Å²) in [6.07, 6.45) is 6.90. The molecule has 1 rings (SSSR count). The van der Waals surface area contributed by atoms with Crippen molar-refractivity contribution in [1.29, 1.82) is 0 Å². The summed E-state index contributed by atoms with van der Waals surface area (Å²) in [5.74, 6) is 0. The lowest BCUT2D eigenvalue weighted by Gasteiger charge is -2.00. The van der Waals surface area contributed by atoms with E-state index >= 15 is 0 Å². The first-order valence-electron chi connectivity index (χ1n) is 4.61. The average molecular weight is 181 g/mol. The zero-order chi connectivity index (χ0) is 9.52. The van der Waals surface area contributed by atoms with Gasteiger partial charge >= 0.3 is 0 Å². The predicted molar refractivity (Wildman–Crippen MR) is 50.0 cm³/mol. The molecule has 0 amide bonds. The van der Waals surface area contributed by atoms with Crippen molar-refractivity contribution in [3.05, 3.63) is 35.3 Å². The first kappa shape index (κ1) is 9.99. The van der Waals surface area contributed by atoms with Gasteiger partial charge in [-0.2, -0.15) is 4.73 Å². The fourth-order valence-corrected chi connectivity index (χ4v) is 1.27. The SMILES string of the molecule is [O-][n+]1cccc(CCCCCO)c1. The van der Waals surface area contributed by atoms with Crippen LogP contribution in [0.25, 0.3) is 0 Å². The van der Waals surface area contributed by atoms with E-state index < -0.39 is 0 Å². The highest BCUT2D eigenvalue weighted by atomic mass is 16.5. The number of aliphatic hydroxyl groups is 1. The smallest absolute Gasteiger partial charge is 0.183 e. The maximum atomic E-state index is 10.9. The monoisotopic (exact) mass is 181 g/mol. The Morgan fingerprint density at radius 2 is 2.15 bits per heavy atom. The van der Waals surface area contributed by atoms with Crippen LogP contribution in [0.1, 0.15) is 24.8 Å². The second-order valence-electron chi connectivity index (χ2n) is 3.11.